The van der Waals surface area contributed by atoms with E-state index < -0.39 is 12.2 Å². The molecule has 3 rings (SSSR count). The lowest BCUT2D eigenvalue weighted by molar-refractivity contribution is -0.193. The normalized spacial score (nSPS) is 21.8. The lowest BCUT2D eigenvalue weighted by Gasteiger charge is -2.56. The number of ether oxygens (including phenoxy) is 1. The number of methoxy groups -OCH3 is 1. The fraction of sp³-hybridized carbons (Fsp3) is 0.609. The fourth-order valence-electron chi connectivity index (χ4n) is 4.46. The van der Waals surface area contributed by atoms with Crippen molar-refractivity contribution in [2.75, 3.05) is 39.9 Å². The van der Waals surface area contributed by atoms with Crippen molar-refractivity contribution in [3.63, 3.8) is 0 Å². The van der Waals surface area contributed by atoms with Crippen LogP contribution in [0.15, 0.2) is 30.3 Å². The summed E-state index contributed by atoms with van der Waals surface area (Å²) in [5.74, 6) is -0.282. The third kappa shape index (κ3) is 5.05. The summed E-state index contributed by atoms with van der Waals surface area (Å²) >= 11 is 0. The largest absolute Gasteiger partial charge is 0.383 e. The van der Waals surface area contributed by atoms with Crippen LogP contribution < -0.4 is 5.32 Å². The third-order valence-corrected chi connectivity index (χ3v) is 5.94. The highest BCUT2D eigenvalue weighted by Gasteiger charge is 2.51. The molecule has 176 valence electrons. The first-order valence-corrected chi connectivity index (χ1v) is 11.3. The number of nitrogens with one attached hydrogen (secondary N) is 1. The number of hydrazine groups is 1. The van der Waals surface area contributed by atoms with E-state index in [1.165, 1.54) is 0 Å². The van der Waals surface area contributed by atoms with Crippen molar-refractivity contribution in [3.05, 3.63) is 35.9 Å². The average Bonchev–Trinajstić information content (AvgIpc) is 2.77. The molecule has 0 unspecified atom stereocenters. The standard InChI is InChI=1S/C23H35N5O4/c1-5-11-26-16-20(29)27-19(15-25(12-13-32-4)22(30)21(27)17(2)3)28(26)23(31)24-14-18-9-7-6-8-10-18/h6-10,17,19,21H,5,11-16H2,1-4H3,(H,24,31)/t19-,21-/m0/s1. The second kappa shape index (κ2) is 10.8. The molecule has 2 atom stereocenters. The first-order valence-electron chi connectivity index (χ1n) is 11.3. The molecular formula is C23H35N5O4. The number of benzene rings is 1. The monoisotopic (exact) mass is 445 g/mol. The van der Waals surface area contributed by atoms with E-state index >= 15 is 0 Å². The van der Waals surface area contributed by atoms with E-state index in [0.717, 1.165) is 12.0 Å². The number of hydrogen-bond donors (Lipinski definition) is 1. The van der Waals surface area contributed by atoms with Gasteiger partial charge in [-0.1, -0.05) is 51.1 Å². The van der Waals surface area contributed by atoms with Crippen LogP contribution in [-0.2, 0) is 20.9 Å². The lowest BCUT2D eigenvalue weighted by atomic mass is 9.96. The summed E-state index contributed by atoms with van der Waals surface area (Å²) in [6.07, 6.45) is 0.239. The topological polar surface area (TPSA) is 85.4 Å². The van der Waals surface area contributed by atoms with Gasteiger partial charge in [0.1, 0.15) is 12.2 Å². The van der Waals surface area contributed by atoms with E-state index in [-0.39, 0.29) is 36.9 Å². The van der Waals surface area contributed by atoms with Crippen LogP contribution in [-0.4, -0.2) is 89.8 Å². The van der Waals surface area contributed by atoms with Crippen molar-refractivity contribution < 1.29 is 19.1 Å². The molecule has 1 aromatic rings. The molecule has 4 amide bonds. The molecular weight excluding hydrogens is 410 g/mol. The van der Waals surface area contributed by atoms with Crippen LogP contribution in [0.1, 0.15) is 32.8 Å². The molecule has 2 aliphatic rings. The van der Waals surface area contributed by atoms with Gasteiger partial charge in [0.05, 0.1) is 19.7 Å². The predicted octanol–water partition coefficient (Wildman–Crippen LogP) is 1.51. The lowest BCUT2D eigenvalue weighted by Crippen LogP contribution is -2.77. The molecule has 0 aromatic heterocycles. The Hall–Kier alpha value is -2.65. The van der Waals surface area contributed by atoms with Crippen LogP contribution in [0.25, 0.3) is 0 Å². The number of carbonyl (C=O) groups is 3. The molecule has 0 radical (unpaired) electrons. The van der Waals surface area contributed by atoms with Gasteiger partial charge in [-0.25, -0.2) is 14.8 Å². The Labute approximate surface area is 190 Å². The second-order valence-corrected chi connectivity index (χ2v) is 8.62. The smallest absolute Gasteiger partial charge is 0.334 e. The summed E-state index contributed by atoms with van der Waals surface area (Å²) in [5.41, 5.74) is 0.994. The van der Waals surface area contributed by atoms with E-state index in [0.29, 0.717) is 26.2 Å². The van der Waals surface area contributed by atoms with Crippen molar-refractivity contribution in [3.8, 4) is 0 Å². The summed E-state index contributed by atoms with van der Waals surface area (Å²) in [5, 5.41) is 6.46. The maximum Gasteiger partial charge on any atom is 0.334 e. The summed E-state index contributed by atoms with van der Waals surface area (Å²) < 4.78 is 5.19. The second-order valence-electron chi connectivity index (χ2n) is 8.62. The molecule has 0 bridgehead atoms. The molecule has 1 aromatic carbocycles. The Morgan fingerprint density at radius 3 is 2.53 bits per heavy atom. The van der Waals surface area contributed by atoms with Crippen LogP contribution in [0.3, 0.4) is 0 Å². The molecule has 2 fully saturated rings. The van der Waals surface area contributed by atoms with Crippen molar-refractivity contribution in [1.29, 1.82) is 0 Å². The average molecular weight is 446 g/mol. The molecule has 9 nitrogen and oxygen atoms in total. The molecule has 0 aliphatic carbocycles. The Balaban J connectivity index is 1.90. The van der Waals surface area contributed by atoms with Crippen LogP contribution in [0.5, 0.6) is 0 Å². The van der Waals surface area contributed by atoms with Crippen LogP contribution in [0.4, 0.5) is 4.79 Å². The van der Waals surface area contributed by atoms with E-state index in [9.17, 15) is 14.4 Å². The number of rotatable bonds is 8. The zero-order chi connectivity index (χ0) is 23.3. The van der Waals surface area contributed by atoms with E-state index in [2.05, 4.69) is 5.32 Å². The minimum absolute atomic E-state index is 0.0775. The van der Waals surface area contributed by atoms with Crippen LogP contribution >= 0.6 is 0 Å². The van der Waals surface area contributed by atoms with Gasteiger partial charge in [0.15, 0.2) is 0 Å². The maximum atomic E-state index is 13.4. The molecule has 2 aliphatic heterocycles. The van der Waals surface area contributed by atoms with Crippen LogP contribution in [0, 0.1) is 5.92 Å². The van der Waals surface area contributed by atoms with Gasteiger partial charge in [-0.2, -0.15) is 0 Å². The summed E-state index contributed by atoms with van der Waals surface area (Å²) in [6.45, 7) is 8.01. The van der Waals surface area contributed by atoms with Gasteiger partial charge in [0, 0.05) is 26.7 Å². The number of amides is 4. The predicted molar refractivity (Wildman–Crippen MR) is 120 cm³/mol. The Kier molecular flexibility index (Phi) is 8.09. The maximum absolute atomic E-state index is 13.4. The number of fused-ring (bicyclic) bond motifs is 1. The van der Waals surface area contributed by atoms with Gasteiger partial charge in [-0.05, 0) is 17.9 Å². The minimum atomic E-state index is -0.605. The highest BCUT2D eigenvalue weighted by molar-refractivity contribution is 5.91. The quantitative estimate of drug-likeness (QED) is 0.656. The summed E-state index contributed by atoms with van der Waals surface area (Å²) in [6, 6.07) is 8.83. The van der Waals surface area contributed by atoms with Crippen LogP contribution in [0.2, 0.25) is 0 Å². The molecule has 9 heteroatoms. The van der Waals surface area contributed by atoms with Gasteiger partial charge in [-0.15, -0.1) is 0 Å². The van der Waals surface area contributed by atoms with E-state index in [1.54, 1.807) is 21.9 Å². The molecule has 2 saturated heterocycles. The summed E-state index contributed by atoms with van der Waals surface area (Å²) in [4.78, 5) is 43.1. The van der Waals surface area contributed by atoms with Crippen molar-refractivity contribution in [2.24, 2.45) is 5.92 Å². The van der Waals surface area contributed by atoms with E-state index in [4.69, 9.17) is 4.74 Å². The number of carbonyl (C=O) groups excluding carboxylic acids is 3. The minimum Gasteiger partial charge on any atom is -0.383 e. The van der Waals surface area contributed by atoms with E-state index in [1.807, 2.05) is 56.1 Å². The molecule has 0 saturated carbocycles. The van der Waals surface area contributed by atoms with Crippen molar-refractivity contribution in [2.45, 2.75) is 45.9 Å². The van der Waals surface area contributed by atoms with Gasteiger partial charge in [0.25, 0.3) is 0 Å². The Morgan fingerprint density at radius 1 is 1.19 bits per heavy atom. The van der Waals surface area contributed by atoms with Gasteiger partial charge < -0.3 is 19.9 Å². The SMILES string of the molecule is CCCN1CC(=O)N2[C@@H](C(C)C)C(=O)N(CCOC)C[C@@H]2N1C(=O)NCc1ccccc1. The van der Waals surface area contributed by atoms with Crippen molar-refractivity contribution >= 4 is 17.8 Å². The van der Waals surface area contributed by atoms with Gasteiger partial charge in [-0.3, -0.25) is 9.59 Å². The van der Waals surface area contributed by atoms with Gasteiger partial charge in [0.2, 0.25) is 11.8 Å². The highest BCUT2D eigenvalue weighted by Crippen LogP contribution is 2.29. The number of nitrogens with zero attached hydrogens (tertiary/aromatic N) is 4. The Morgan fingerprint density at radius 2 is 1.91 bits per heavy atom. The summed E-state index contributed by atoms with van der Waals surface area (Å²) in [7, 11) is 1.59. The zero-order valence-corrected chi connectivity index (χ0v) is 19.5. The highest BCUT2D eigenvalue weighted by atomic mass is 16.5. The molecule has 32 heavy (non-hydrogen) atoms. The van der Waals surface area contributed by atoms with Crippen molar-refractivity contribution in [1.82, 2.24) is 25.1 Å². The molecule has 0 spiro atoms. The number of hydrogen-bond acceptors (Lipinski definition) is 5. The fourth-order valence-corrected chi connectivity index (χ4v) is 4.46. The van der Waals surface area contributed by atoms with Gasteiger partial charge >= 0.3 is 6.03 Å². The molecule has 2 heterocycles. The number of piperazine rings is 1. The number of urea groups is 1. The third-order valence-electron chi connectivity index (χ3n) is 5.94. The zero-order valence-electron chi connectivity index (χ0n) is 19.5. The first-order chi connectivity index (χ1) is 15.4. The Bertz CT molecular complexity index is 803. The first kappa shape index (κ1) is 24.0. The molecule has 1 N–H and O–H groups in total.